The first-order chi connectivity index (χ1) is 10.8. The van der Waals surface area contributed by atoms with Crippen LogP contribution in [0.2, 0.25) is 0 Å². The van der Waals surface area contributed by atoms with E-state index in [1.54, 1.807) is 0 Å². The summed E-state index contributed by atoms with van der Waals surface area (Å²) in [5.41, 5.74) is 2.59. The number of hydrogen-bond acceptors (Lipinski definition) is 1. The zero-order valence-corrected chi connectivity index (χ0v) is 12.1. The van der Waals surface area contributed by atoms with Gasteiger partial charge in [-0.15, -0.1) is 0 Å². The molecular weight excluding hydrogens is 268 g/mol. The molecule has 0 N–H and O–H groups in total. The monoisotopic (exact) mass is 284 g/mol. The number of allylic oxidation sites excluding steroid dienone is 6. The van der Waals surface area contributed by atoms with Crippen molar-refractivity contribution < 1.29 is 5.11 Å². The summed E-state index contributed by atoms with van der Waals surface area (Å²) in [5, 5.41) is 12.3. The van der Waals surface area contributed by atoms with E-state index in [2.05, 4.69) is 18.2 Å². The number of rotatable bonds is 3. The molecule has 1 aliphatic rings. The van der Waals surface area contributed by atoms with Crippen LogP contribution in [0.4, 0.5) is 0 Å². The average molecular weight is 284 g/mol. The van der Waals surface area contributed by atoms with Crippen LogP contribution in [0, 0.1) is 5.92 Å². The molecule has 22 heavy (non-hydrogen) atoms. The summed E-state index contributed by atoms with van der Waals surface area (Å²) in [6.07, 6.45) is 11.8. The Morgan fingerprint density at radius 2 is 1.27 bits per heavy atom. The van der Waals surface area contributed by atoms with Crippen molar-refractivity contribution in [3.8, 4) is 0 Å². The van der Waals surface area contributed by atoms with Gasteiger partial charge in [-0.3, -0.25) is 0 Å². The first kappa shape index (κ1) is 14.2. The van der Waals surface area contributed by atoms with Crippen LogP contribution in [0.3, 0.4) is 0 Å². The lowest BCUT2D eigenvalue weighted by Gasteiger charge is -2.18. The predicted octanol–water partition coefficient (Wildman–Crippen LogP) is 4.17. The van der Waals surface area contributed by atoms with Crippen LogP contribution in [-0.2, 0) is 0 Å². The van der Waals surface area contributed by atoms with E-state index < -0.39 is 0 Å². The molecular formula is C21H16O-. The van der Waals surface area contributed by atoms with Gasteiger partial charge in [-0.2, -0.15) is 0 Å². The molecule has 0 atom stereocenters. The van der Waals surface area contributed by atoms with Crippen LogP contribution in [0.25, 0.3) is 11.8 Å². The highest BCUT2D eigenvalue weighted by Crippen LogP contribution is 2.22. The molecule has 107 valence electrons. The minimum atomic E-state index is 0.0548. The lowest BCUT2D eigenvalue weighted by molar-refractivity contribution is -0.244. The smallest absolute Gasteiger partial charge is 0.0413 e. The van der Waals surface area contributed by atoms with E-state index in [0.29, 0.717) is 5.57 Å². The van der Waals surface area contributed by atoms with Gasteiger partial charge in [0, 0.05) is 5.92 Å². The standard InChI is InChI=1S/C21H17O/c22-21(19-9-5-2-6-10-19)20-15-13-18(14-16-20)12-11-17-7-3-1-4-8-17/h1-16,22H/p-1. The zero-order valence-electron chi connectivity index (χ0n) is 12.1. The van der Waals surface area contributed by atoms with Crippen molar-refractivity contribution in [1.29, 1.82) is 0 Å². The van der Waals surface area contributed by atoms with Gasteiger partial charge in [-0.25, -0.2) is 0 Å². The van der Waals surface area contributed by atoms with Crippen molar-refractivity contribution in [2.75, 3.05) is 0 Å². The summed E-state index contributed by atoms with van der Waals surface area (Å²) >= 11 is 0. The quantitative estimate of drug-likeness (QED) is 0.776. The van der Waals surface area contributed by atoms with E-state index in [4.69, 9.17) is 0 Å². The van der Waals surface area contributed by atoms with Crippen molar-refractivity contribution in [1.82, 2.24) is 0 Å². The molecule has 3 rings (SSSR count). The number of benzene rings is 2. The largest absolute Gasteiger partial charge is 0.872 e. The van der Waals surface area contributed by atoms with Crippen LogP contribution in [0.1, 0.15) is 11.1 Å². The summed E-state index contributed by atoms with van der Waals surface area (Å²) < 4.78 is 0. The topological polar surface area (TPSA) is 23.1 Å². The molecule has 2 aromatic rings. The molecule has 1 heteroatoms. The third kappa shape index (κ3) is 3.44. The van der Waals surface area contributed by atoms with Crippen LogP contribution in [0.15, 0.2) is 96.6 Å². The molecule has 1 radical (unpaired) electrons. The summed E-state index contributed by atoms with van der Waals surface area (Å²) in [6, 6.07) is 19.5. The molecule has 2 aromatic carbocycles. The van der Waals surface area contributed by atoms with Crippen LogP contribution >= 0.6 is 0 Å². The molecule has 0 saturated carbocycles. The van der Waals surface area contributed by atoms with Crippen molar-refractivity contribution in [3.63, 3.8) is 0 Å². The van der Waals surface area contributed by atoms with Crippen molar-refractivity contribution in [2.45, 2.75) is 0 Å². The van der Waals surface area contributed by atoms with Gasteiger partial charge < -0.3 is 5.11 Å². The number of hydrogen-bond donors (Lipinski definition) is 0. The SMILES string of the molecule is [O-]C(=C1C=C[C](C=Cc2ccccc2)C=C1)c1ccccc1. The summed E-state index contributed by atoms with van der Waals surface area (Å²) in [6.45, 7) is 0. The van der Waals surface area contributed by atoms with Gasteiger partial charge in [-0.1, -0.05) is 103 Å². The van der Waals surface area contributed by atoms with Crippen molar-refractivity contribution in [3.05, 3.63) is 114 Å². The van der Waals surface area contributed by atoms with Crippen LogP contribution in [-0.4, -0.2) is 0 Å². The maximum absolute atomic E-state index is 12.3. The van der Waals surface area contributed by atoms with E-state index in [1.165, 1.54) is 0 Å². The van der Waals surface area contributed by atoms with Crippen molar-refractivity contribution in [2.24, 2.45) is 0 Å². The second-order valence-electron chi connectivity index (χ2n) is 5.06. The van der Waals surface area contributed by atoms with Gasteiger partial charge in [0.25, 0.3) is 0 Å². The maximum atomic E-state index is 12.3. The molecule has 0 bridgehead atoms. The minimum absolute atomic E-state index is 0.0548. The van der Waals surface area contributed by atoms with E-state index in [-0.39, 0.29) is 5.76 Å². The average Bonchev–Trinajstić information content (AvgIpc) is 2.61. The van der Waals surface area contributed by atoms with Gasteiger partial charge in [0.15, 0.2) is 0 Å². The van der Waals surface area contributed by atoms with Crippen LogP contribution < -0.4 is 5.11 Å². The second-order valence-corrected chi connectivity index (χ2v) is 5.06. The molecule has 0 spiro atoms. The fourth-order valence-corrected chi connectivity index (χ4v) is 2.26. The molecule has 0 fully saturated rings. The molecule has 0 heterocycles. The highest BCUT2D eigenvalue weighted by Gasteiger charge is 2.03. The Bertz CT molecular complexity index is 718. The molecule has 0 amide bonds. The summed E-state index contributed by atoms with van der Waals surface area (Å²) in [7, 11) is 0. The molecule has 0 aromatic heterocycles. The van der Waals surface area contributed by atoms with Gasteiger partial charge in [0.2, 0.25) is 0 Å². The fraction of sp³-hybridized carbons (Fsp3) is 0. The Labute approximate surface area is 131 Å². The van der Waals surface area contributed by atoms with Gasteiger partial charge in [-0.05, 0) is 16.7 Å². The highest BCUT2D eigenvalue weighted by atomic mass is 16.3. The molecule has 1 aliphatic carbocycles. The third-order valence-corrected chi connectivity index (χ3v) is 3.48. The van der Waals surface area contributed by atoms with Gasteiger partial charge >= 0.3 is 0 Å². The maximum Gasteiger partial charge on any atom is 0.0413 e. The first-order valence-corrected chi connectivity index (χ1v) is 7.26. The summed E-state index contributed by atoms with van der Waals surface area (Å²) in [5.74, 6) is 1.13. The lowest BCUT2D eigenvalue weighted by atomic mass is 9.97. The van der Waals surface area contributed by atoms with E-state index >= 15 is 0 Å². The Hall–Kier alpha value is -2.80. The van der Waals surface area contributed by atoms with E-state index in [1.807, 2.05) is 78.9 Å². The predicted molar refractivity (Wildman–Crippen MR) is 90.4 cm³/mol. The third-order valence-electron chi connectivity index (χ3n) is 3.48. The van der Waals surface area contributed by atoms with E-state index in [9.17, 15) is 5.11 Å². The van der Waals surface area contributed by atoms with Crippen molar-refractivity contribution >= 4 is 11.8 Å². The Morgan fingerprint density at radius 1 is 0.682 bits per heavy atom. The Balaban J connectivity index is 1.73. The first-order valence-electron chi connectivity index (χ1n) is 7.26. The molecule has 1 nitrogen and oxygen atoms in total. The minimum Gasteiger partial charge on any atom is -0.872 e. The normalized spacial score (nSPS) is 14.6. The lowest BCUT2D eigenvalue weighted by Crippen LogP contribution is -2.06. The second kappa shape index (κ2) is 6.77. The fourth-order valence-electron chi connectivity index (χ4n) is 2.26. The van der Waals surface area contributed by atoms with Gasteiger partial charge in [0.1, 0.15) is 0 Å². The van der Waals surface area contributed by atoms with Gasteiger partial charge in [0.05, 0.1) is 0 Å². The Morgan fingerprint density at radius 3 is 1.91 bits per heavy atom. The highest BCUT2D eigenvalue weighted by molar-refractivity contribution is 5.69. The summed E-state index contributed by atoms with van der Waals surface area (Å²) in [4.78, 5) is 0. The van der Waals surface area contributed by atoms with E-state index in [0.717, 1.165) is 17.0 Å². The van der Waals surface area contributed by atoms with Crippen LogP contribution in [0.5, 0.6) is 0 Å². The molecule has 0 unspecified atom stereocenters. The molecule has 0 aliphatic heterocycles. The molecule has 0 saturated heterocycles. The Kier molecular flexibility index (Phi) is 4.35. The zero-order chi connectivity index (χ0) is 15.2.